The van der Waals surface area contributed by atoms with Crippen LogP contribution >= 0.6 is 0 Å². The minimum atomic E-state index is -4.07. The number of nitrogens with one attached hydrogen (secondary N) is 2. The smallest absolute Gasteiger partial charge is 0.367 e. The van der Waals surface area contributed by atoms with Crippen molar-refractivity contribution in [2.75, 3.05) is 0 Å². The summed E-state index contributed by atoms with van der Waals surface area (Å²) in [6.45, 7) is 0.501. The fourth-order valence-electron chi connectivity index (χ4n) is 2.48. The zero-order chi connectivity index (χ0) is 12.3. The first-order chi connectivity index (χ1) is 8.07. The fraction of sp³-hybridized carbons (Fsp3) is 0.667. The average molecular weight is 246 g/mol. The van der Waals surface area contributed by atoms with Gasteiger partial charge in [-0.2, -0.15) is 13.2 Å². The maximum Gasteiger partial charge on any atom is 0.393 e. The highest BCUT2D eigenvalue weighted by molar-refractivity contribution is 5.08. The van der Waals surface area contributed by atoms with E-state index in [1.807, 2.05) is 6.07 Å². The minimum Gasteiger partial charge on any atom is -0.367 e. The third-order valence-corrected chi connectivity index (χ3v) is 3.42. The van der Waals surface area contributed by atoms with Crippen molar-refractivity contribution in [3.8, 4) is 0 Å². The number of hydrogen-bond acceptors (Lipinski definition) is 1. The normalized spacial score (nSPS) is 26.1. The highest BCUT2D eigenvalue weighted by Crippen LogP contribution is 2.37. The van der Waals surface area contributed by atoms with Crippen LogP contribution in [-0.2, 0) is 6.54 Å². The van der Waals surface area contributed by atoms with Crippen molar-refractivity contribution in [3.05, 3.63) is 24.0 Å². The van der Waals surface area contributed by atoms with Gasteiger partial charge in [0.05, 0.1) is 5.92 Å². The molecule has 17 heavy (non-hydrogen) atoms. The molecule has 2 atom stereocenters. The molecule has 1 aliphatic carbocycles. The SMILES string of the molecule is FC(F)(F)C1CCCCC1NCc1cc[nH]c1. The molecular weight excluding hydrogens is 229 g/mol. The Morgan fingerprint density at radius 2 is 2.06 bits per heavy atom. The minimum absolute atomic E-state index is 0.258. The molecule has 1 aromatic heterocycles. The predicted octanol–water partition coefficient (Wildman–Crippen LogP) is 3.23. The van der Waals surface area contributed by atoms with Gasteiger partial charge in [0.2, 0.25) is 0 Å². The molecule has 0 radical (unpaired) electrons. The van der Waals surface area contributed by atoms with Crippen molar-refractivity contribution in [3.63, 3.8) is 0 Å². The Labute approximate surface area is 98.6 Å². The number of rotatable bonds is 3. The lowest BCUT2D eigenvalue weighted by molar-refractivity contribution is -0.189. The van der Waals surface area contributed by atoms with Crippen LogP contribution in [0.25, 0.3) is 0 Å². The van der Waals surface area contributed by atoms with Crippen LogP contribution in [0, 0.1) is 5.92 Å². The second-order valence-electron chi connectivity index (χ2n) is 4.64. The van der Waals surface area contributed by atoms with Crippen LogP contribution in [0.1, 0.15) is 31.2 Å². The summed E-state index contributed by atoms with van der Waals surface area (Å²) in [5, 5.41) is 3.04. The molecule has 5 heteroatoms. The molecule has 0 aliphatic heterocycles. The summed E-state index contributed by atoms with van der Waals surface area (Å²) in [7, 11) is 0. The maximum atomic E-state index is 12.8. The molecule has 0 bridgehead atoms. The number of aromatic amines is 1. The molecule has 1 aromatic rings. The van der Waals surface area contributed by atoms with Crippen molar-refractivity contribution in [2.45, 2.75) is 44.4 Å². The van der Waals surface area contributed by atoms with Gasteiger partial charge in [-0.25, -0.2) is 0 Å². The number of halogens is 3. The molecule has 0 amide bonds. The molecule has 2 N–H and O–H groups in total. The molecule has 2 unspecified atom stereocenters. The number of alkyl halides is 3. The topological polar surface area (TPSA) is 27.8 Å². The molecule has 1 fully saturated rings. The summed E-state index contributed by atoms with van der Waals surface area (Å²) < 4.78 is 38.4. The van der Waals surface area contributed by atoms with Crippen molar-refractivity contribution in [1.29, 1.82) is 0 Å². The Balaban J connectivity index is 1.92. The lowest BCUT2D eigenvalue weighted by atomic mass is 9.84. The maximum absolute atomic E-state index is 12.8. The van der Waals surface area contributed by atoms with E-state index in [2.05, 4.69) is 10.3 Å². The summed E-state index contributed by atoms with van der Waals surface area (Å²) in [5.41, 5.74) is 0.997. The van der Waals surface area contributed by atoms with E-state index < -0.39 is 18.1 Å². The van der Waals surface area contributed by atoms with Gasteiger partial charge in [-0.15, -0.1) is 0 Å². The molecule has 0 aromatic carbocycles. The van der Waals surface area contributed by atoms with Gasteiger partial charge in [0, 0.05) is 25.0 Å². The van der Waals surface area contributed by atoms with Crippen molar-refractivity contribution in [2.24, 2.45) is 5.92 Å². The molecule has 96 valence electrons. The van der Waals surface area contributed by atoms with E-state index >= 15 is 0 Å². The lowest BCUT2D eigenvalue weighted by Crippen LogP contribution is -2.45. The van der Waals surface area contributed by atoms with Crippen molar-refractivity contribution in [1.82, 2.24) is 10.3 Å². The zero-order valence-corrected chi connectivity index (χ0v) is 9.56. The molecule has 1 saturated carbocycles. The van der Waals surface area contributed by atoms with Gasteiger partial charge >= 0.3 is 6.18 Å². The highest BCUT2D eigenvalue weighted by Gasteiger charge is 2.45. The van der Waals surface area contributed by atoms with E-state index in [0.29, 0.717) is 19.4 Å². The third-order valence-electron chi connectivity index (χ3n) is 3.42. The van der Waals surface area contributed by atoms with Gasteiger partial charge in [-0.1, -0.05) is 12.8 Å². The van der Waals surface area contributed by atoms with Crippen LogP contribution < -0.4 is 5.32 Å². The van der Waals surface area contributed by atoms with Gasteiger partial charge in [-0.05, 0) is 24.5 Å². The summed E-state index contributed by atoms with van der Waals surface area (Å²) in [6.07, 6.45) is 1.96. The Morgan fingerprint density at radius 3 is 2.71 bits per heavy atom. The van der Waals surface area contributed by atoms with Gasteiger partial charge in [0.15, 0.2) is 0 Å². The Kier molecular flexibility index (Phi) is 3.76. The van der Waals surface area contributed by atoms with Crippen molar-refractivity contribution >= 4 is 0 Å². The average Bonchev–Trinajstić information content (AvgIpc) is 2.78. The third kappa shape index (κ3) is 3.25. The largest absolute Gasteiger partial charge is 0.393 e. The van der Waals surface area contributed by atoms with E-state index in [0.717, 1.165) is 12.0 Å². The Morgan fingerprint density at radius 1 is 1.29 bits per heavy atom. The molecule has 2 nitrogen and oxygen atoms in total. The molecule has 0 spiro atoms. The number of H-pyrrole nitrogens is 1. The molecule has 1 heterocycles. The van der Waals surface area contributed by atoms with E-state index in [1.165, 1.54) is 0 Å². The zero-order valence-electron chi connectivity index (χ0n) is 9.56. The van der Waals surface area contributed by atoms with Gasteiger partial charge < -0.3 is 10.3 Å². The first-order valence-corrected chi connectivity index (χ1v) is 5.99. The molecule has 2 rings (SSSR count). The Hall–Kier alpha value is -0.970. The van der Waals surface area contributed by atoms with Crippen LogP contribution in [0.4, 0.5) is 13.2 Å². The summed E-state index contributed by atoms with van der Waals surface area (Å²) >= 11 is 0. The van der Waals surface area contributed by atoms with E-state index in [1.54, 1.807) is 12.4 Å². The highest BCUT2D eigenvalue weighted by atomic mass is 19.4. The van der Waals surface area contributed by atoms with E-state index in [9.17, 15) is 13.2 Å². The number of hydrogen-bond donors (Lipinski definition) is 2. The standard InChI is InChI=1S/C12H17F3N2/c13-12(14,15)10-3-1-2-4-11(10)17-8-9-5-6-16-7-9/h5-7,10-11,16-17H,1-4,8H2. The lowest BCUT2D eigenvalue weighted by Gasteiger charge is -2.33. The molecule has 0 saturated heterocycles. The Bertz CT molecular complexity index is 332. The van der Waals surface area contributed by atoms with E-state index in [-0.39, 0.29) is 6.42 Å². The van der Waals surface area contributed by atoms with Crippen LogP contribution in [0.3, 0.4) is 0 Å². The van der Waals surface area contributed by atoms with E-state index in [4.69, 9.17) is 0 Å². The monoisotopic (exact) mass is 246 g/mol. The predicted molar refractivity (Wildman–Crippen MR) is 59.4 cm³/mol. The second-order valence-corrected chi connectivity index (χ2v) is 4.64. The van der Waals surface area contributed by atoms with Crippen LogP contribution in [0.5, 0.6) is 0 Å². The quantitative estimate of drug-likeness (QED) is 0.842. The molecule has 1 aliphatic rings. The first kappa shape index (κ1) is 12.5. The van der Waals surface area contributed by atoms with Crippen LogP contribution in [-0.4, -0.2) is 17.2 Å². The summed E-state index contributed by atoms with van der Waals surface area (Å²) in [5.74, 6) is -1.19. The number of aromatic nitrogens is 1. The van der Waals surface area contributed by atoms with Gasteiger partial charge in [-0.3, -0.25) is 0 Å². The van der Waals surface area contributed by atoms with Crippen LogP contribution in [0.2, 0.25) is 0 Å². The first-order valence-electron chi connectivity index (χ1n) is 5.99. The fourth-order valence-corrected chi connectivity index (χ4v) is 2.48. The van der Waals surface area contributed by atoms with Crippen LogP contribution in [0.15, 0.2) is 18.5 Å². The van der Waals surface area contributed by atoms with Crippen molar-refractivity contribution < 1.29 is 13.2 Å². The van der Waals surface area contributed by atoms with Gasteiger partial charge in [0.1, 0.15) is 0 Å². The summed E-state index contributed by atoms with van der Waals surface area (Å²) in [6, 6.07) is 1.44. The molecular formula is C12H17F3N2. The van der Waals surface area contributed by atoms with Gasteiger partial charge in [0.25, 0.3) is 0 Å². The summed E-state index contributed by atoms with van der Waals surface area (Å²) in [4.78, 5) is 2.90. The second kappa shape index (κ2) is 5.12.